The van der Waals surface area contributed by atoms with E-state index < -0.39 is 24.1 Å². The van der Waals surface area contributed by atoms with Crippen molar-refractivity contribution in [3.8, 4) is 0 Å². The molecule has 0 bridgehead atoms. The Balaban J connectivity index is 2.83. The Labute approximate surface area is 128 Å². The van der Waals surface area contributed by atoms with E-state index in [1.807, 2.05) is 0 Å². The smallest absolute Gasteiger partial charge is 0.328 e. The van der Waals surface area contributed by atoms with Gasteiger partial charge in [-0.2, -0.15) is 0 Å². The van der Waals surface area contributed by atoms with Gasteiger partial charge in [0, 0.05) is 12.1 Å². The number of carboxylic acid groups (broad SMARTS) is 1. The SMILES string of the molecule is CC(c1ccccc1Cl)N(C)C(=O)N[C@H](C(=O)O)[C@@H](C)O. The molecule has 1 aromatic carbocycles. The van der Waals surface area contributed by atoms with Crippen molar-refractivity contribution in [3.05, 3.63) is 34.9 Å². The van der Waals surface area contributed by atoms with Crippen molar-refractivity contribution in [3.63, 3.8) is 0 Å². The lowest BCUT2D eigenvalue weighted by Gasteiger charge is -2.28. The molecule has 1 rings (SSSR count). The minimum Gasteiger partial charge on any atom is -0.480 e. The molecule has 3 atom stereocenters. The van der Waals surface area contributed by atoms with Crippen LogP contribution in [0.15, 0.2) is 24.3 Å². The second-order valence-electron chi connectivity index (χ2n) is 4.81. The van der Waals surface area contributed by atoms with Crippen molar-refractivity contribution in [1.82, 2.24) is 10.2 Å². The van der Waals surface area contributed by atoms with Crippen LogP contribution in [0.1, 0.15) is 25.5 Å². The van der Waals surface area contributed by atoms with Gasteiger partial charge in [0.1, 0.15) is 0 Å². The summed E-state index contributed by atoms with van der Waals surface area (Å²) in [5.74, 6) is -1.29. The van der Waals surface area contributed by atoms with E-state index in [-0.39, 0.29) is 6.04 Å². The normalized spacial score (nSPS) is 14.9. The van der Waals surface area contributed by atoms with Crippen LogP contribution in [0.5, 0.6) is 0 Å². The van der Waals surface area contributed by atoms with Gasteiger partial charge in [-0.3, -0.25) is 0 Å². The van der Waals surface area contributed by atoms with E-state index in [4.69, 9.17) is 16.7 Å². The highest BCUT2D eigenvalue weighted by Gasteiger charge is 2.28. The molecule has 0 aromatic heterocycles. The van der Waals surface area contributed by atoms with Crippen LogP contribution in [-0.2, 0) is 4.79 Å². The number of urea groups is 1. The Hall–Kier alpha value is -1.79. The standard InChI is InChI=1S/C14H19ClN2O4/c1-8(10-6-4-5-7-11(10)15)17(3)14(21)16-12(9(2)18)13(19)20/h4-9,12,18H,1-3H3,(H,16,21)(H,19,20)/t8?,9-,12+/m1/s1. The third-order valence-corrected chi connectivity index (χ3v) is 3.63. The molecule has 0 saturated carbocycles. The molecule has 0 aliphatic rings. The molecule has 1 unspecified atom stereocenters. The Bertz CT molecular complexity index is 521. The minimum atomic E-state index is -1.36. The second kappa shape index (κ2) is 7.28. The van der Waals surface area contributed by atoms with Gasteiger partial charge in [-0.25, -0.2) is 9.59 Å². The maximum atomic E-state index is 12.1. The molecule has 0 spiro atoms. The van der Waals surface area contributed by atoms with Crippen molar-refractivity contribution in [1.29, 1.82) is 0 Å². The van der Waals surface area contributed by atoms with Crippen molar-refractivity contribution < 1.29 is 19.8 Å². The lowest BCUT2D eigenvalue weighted by atomic mass is 10.1. The zero-order chi connectivity index (χ0) is 16.2. The average molecular weight is 315 g/mol. The van der Waals surface area contributed by atoms with E-state index in [9.17, 15) is 14.7 Å². The van der Waals surface area contributed by atoms with Crippen LogP contribution in [0.2, 0.25) is 5.02 Å². The van der Waals surface area contributed by atoms with Crippen molar-refractivity contribution in [2.24, 2.45) is 0 Å². The fourth-order valence-electron chi connectivity index (χ4n) is 1.82. The molecular formula is C14H19ClN2O4. The van der Waals surface area contributed by atoms with Gasteiger partial charge in [-0.1, -0.05) is 29.8 Å². The molecule has 1 aromatic rings. The number of halogens is 1. The third kappa shape index (κ3) is 4.34. The number of aliphatic hydroxyl groups is 1. The molecule has 7 heteroatoms. The number of aliphatic carboxylic acids is 1. The topological polar surface area (TPSA) is 89.9 Å². The van der Waals surface area contributed by atoms with E-state index in [1.165, 1.54) is 18.9 Å². The van der Waals surface area contributed by atoms with Gasteiger partial charge < -0.3 is 20.4 Å². The number of carboxylic acids is 1. The monoisotopic (exact) mass is 314 g/mol. The largest absolute Gasteiger partial charge is 0.480 e. The molecule has 0 aliphatic carbocycles. The molecule has 2 amide bonds. The predicted octanol–water partition coefficient (Wildman–Crippen LogP) is 1.88. The number of benzene rings is 1. The Morgan fingerprint density at radius 1 is 1.29 bits per heavy atom. The third-order valence-electron chi connectivity index (χ3n) is 3.28. The molecule has 0 fully saturated rings. The molecule has 6 nitrogen and oxygen atoms in total. The van der Waals surface area contributed by atoms with Crippen molar-refractivity contribution >= 4 is 23.6 Å². The van der Waals surface area contributed by atoms with Gasteiger partial charge in [0.15, 0.2) is 6.04 Å². The molecule has 0 heterocycles. The highest BCUT2D eigenvalue weighted by molar-refractivity contribution is 6.31. The Kier molecular flexibility index (Phi) is 5.99. The first-order valence-electron chi connectivity index (χ1n) is 6.44. The van der Waals surface area contributed by atoms with Crippen LogP contribution in [-0.4, -0.2) is 46.3 Å². The predicted molar refractivity (Wildman–Crippen MR) is 79.3 cm³/mol. The molecular weight excluding hydrogens is 296 g/mol. The van der Waals surface area contributed by atoms with Gasteiger partial charge in [-0.05, 0) is 25.5 Å². The first-order chi connectivity index (χ1) is 9.75. The van der Waals surface area contributed by atoms with E-state index in [0.29, 0.717) is 5.02 Å². The minimum absolute atomic E-state index is 0.345. The number of hydrogen-bond acceptors (Lipinski definition) is 3. The number of rotatable bonds is 5. The lowest BCUT2D eigenvalue weighted by Crippen LogP contribution is -2.51. The van der Waals surface area contributed by atoms with Crippen LogP contribution >= 0.6 is 11.6 Å². The maximum absolute atomic E-state index is 12.1. The zero-order valence-corrected chi connectivity index (χ0v) is 12.8. The number of hydrogen-bond donors (Lipinski definition) is 3. The molecule has 0 radical (unpaired) electrons. The summed E-state index contributed by atoms with van der Waals surface area (Å²) < 4.78 is 0. The number of carbonyl (C=O) groups excluding carboxylic acids is 1. The summed E-state index contributed by atoms with van der Waals surface area (Å²) in [4.78, 5) is 24.4. The zero-order valence-electron chi connectivity index (χ0n) is 12.1. The summed E-state index contributed by atoms with van der Waals surface area (Å²) in [6, 6.07) is 4.79. The summed E-state index contributed by atoms with van der Waals surface area (Å²) >= 11 is 6.08. The summed E-state index contributed by atoms with van der Waals surface area (Å²) in [6.45, 7) is 3.08. The average Bonchev–Trinajstić information content (AvgIpc) is 2.42. The fraction of sp³-hybridized carbons (Fsp3) is 0.429. The molecule has 0 aliphatic heterocycles. The van der Waals surface area contributed by atoms with E-state index in [1.54, 1.807) is 31.2 Å². The van der Waals surface area contributed by atoms with Gasteiger partial charge >= 0.3 is 12.0 Å². The van der Waals surface area contributed by atoms with E-state index >= 15 is 0 Å². The first kappa shape index (κ1) is 17.3. The van der Waals surface area contributed by atoms with Gasteiger partial charge in [0.25, 0.3) is 0 Å². The molecule has 0 saturated heterocycles. The van der Waals surface area contributed by atoms with Crippen molar-refractivity contribution in [2.75, 3.05) is 7.05 Å². The molecule has 116 valence electrons. The lowest BCUT2D eigenvalue weighted by molar-refractivity contribution is -0.141. The number of aliphatic hydroxyl groups excluding tert-OH is 1. The first-order valence-corrected chi connectivity index (χ1v) is 6.82. The fourth-order valence-corrected chi connectivity index (χ4v) is 2.12. The van der Waals surface area contributed by atoms with Crippen LogP contribution in [0.3, 0.4) is 0 Å². The van der Waals surface area contributed by atoms with Gasteiger partial charge in [0.2, 0.25) is 0 Å². The van der Waals surface area contributed by atoms with Gasteiger partial charge in [0.05, 0.1) is 12.1 Å². The number of nitrogens with one attached hydrogen (secondary N) is 1. The maximum Gasteiger partial charge on any atom is 0.328 e. The van der Waals surface area contributed by atoms with Crippen LogP contribution < -0.4 is 5.32 Å². The quantitative estimate of drug-likeness (QED) is 0.774. The van der Waals surface area contributed by atoms with E-state index in [2.05, 4.69) is 5.32 Å². The van der Waals surface area contributed by atoms with Crippen LogP contribution in [0, 0.1) is 0 Å². The number of carbonyl (C=O) groups is 2. The number of nitrogens with zero attached hydrogens (tertiary/aromatic N) is 1. The Morgan fingerprint density at radius 2 is 1.86 bits per heavy atom. The summed E-state index contributed by atoms with van der Waals surface area (Å²) in [7, 11) is 1.53. The Morgan fingerprint density at radius 3 is 2.33 bits per heavy atom. The summed E-state index contributed by atoms with van der Waals surface area (Å²) in [5.41, 5.74) is 0.751. The molecule has 21 heavy (non-hydrogen) atoms. The van der Waals surface area contributed by atoms with Crippen molar-refractivity contribution in [2.45, 2.75) is 32.0 Å². The second-order valence-corrected chi connectivity index (χ2v) is 5.22. The van der Waals surface area contributed by atoms with E-state index in [0.717, 1.165) is 5.56 Å². The number of amides is 2. The van der Waals surface area contributed by atoms with Gasteiger partial charge in [-0.15, -0.1) is 0 Å². The van der Waals surface area contributed by atoms with Crippen LogP contribution in [0.4, 0.5) is 4.79 Å². The van der Waals surface area contributed by atoms with Crippen LogP contribution in [0.25, 0.3) is 0 Å². The highest BCUT2D eigenvalue weighted by Crippen LogP contribution is 2.26. The molecule has 3 N–H and O–H groups in total. The summed E-state index contributed by atoms with van der Waals surface area (Å²) in [5, 5.41) is 21.1. The summed E-state index contributed by atoms with van der Waals surface area (Å²) in [6.07, 6.45) is -1.20. The highest BCUT2D eigenvalue weighted by atomic mass is 35.5.